The quantitative estimate of drug-likeness (QED) is 0.281. The van der Waals surface area contributed by atoms with Crippen molar-refractivity contribution >= 4 is 28.6 Å². The number of para-hydroxylation sites is 1. The molecule has 4 rings (SSSR count). The molecule has 1 N–H and O–H groups in total. The number of carbonyl (C=O) groups is 1. The van der Waals surface area contributed by atoms with Gasteiger partial charge in [-0.3, -0.25) is 14.2 Å². The molecule has 0 unspecified atom stereocenters. The second kappa shape index (κ2) is 11.1. The van der Waals surface area contributed by atoms with Gasteiger partial charge >= 0.3 is 0 Å². The second-order valence-electron chi connectivity index (χ2n) is 7.97. The third kappa shape index (κ3) is 5.66. The first-order chi connectivity index (χ1) is 17.0. The topological polar surface area (TPSA) is 82.5 Å². The summed E-state index contributed by atoms with van der Waals surface area (Å²) < 4.78 is 12.2. The number of aryl methyl sites for hydroxylation is 1. The molecule has 0 bridgehead atoms. The third-order valence-corrected chi connectivity index (χ3v) is 6.49. The van der Waals surface area contributed by atoms with Crippen LogP contribution >= 0.6 is 11.8 Å². The van der Waals surface area contributed by atoms with E-state index in [0.717, 1.165) is 16.8 Å². The Hall–Kier alpha value is -3.78. The summed E-state index contributed by atoms with van der Waals surface area (Å²) in [6.07, 6.45) is 0.652. The fourth-order valence-electron chi connectivity index (χ4n) is 3.69. The summed E-state index contributed by atoms with van der Waals surface area (Å²) in [6, 6.07) is 20.6. The molecule has 0 saturated heterocycles. The van der Waals surface area contributed by atoms with Crippen molar-refractivity contribution in [2.45, 2.75) is 18.5 Å². The number of hydrogen-bond acceptors (Lipinski definition) is 6. The lowest BCUT2D eigenvalue weighted by atomic mass is 10.1. The highest BCUT2D eigenvalue weighted by atomic mass is 32.2. The monoisotopic (exact) mass is 489 g/mol. The minimum Gasteiger partial charge on any atom is -0.493 e. The number of ether oxygens (including phenoxy) is 2. The summed E-state index contributed by atoms with van der Waals surface area (Å²) in [7, 11) is 3.19. The summed E-state index contributed by atoms with van der Waals surface area (Å²) in [5, 5.41) is 3.96. The highest BCUT2D eigenvalue weighted by molar-refractivity contribution is 7.99. The molecule has 8 heteroatoms. The van der Waals surface area contributed by atoms with Gasteiger partial charge in [0.2, 0.25) is 5.91 Å². The first-order valence-electron chi connectivity index (χ1n) is 11.2. The number of hydrogen-bond donors (Lipinski definition) is 1. The molecular formula is C27H27N3O4S. The second-order valence-corrected chi connectivity index (χ2v) is 8.91. The maximum Gasteiger partial charge on any atom is 0.266 e. The number of thioether (sulfide) groups is 1. The number of aromatic nitrogens is 2. The van der Waals surface area contributed by atoms with Gasteiger partial charge in [0, 0.05) is 6.54 Å². The Morgan fingerprint density at radius 2 is 1.74 bits per heavy atom. The van der Waals surface area contributed by atoms with Gasteiger partial charge in [0.1, 0.15) is 0 Å². The van der Waals surface area contributed by atoms with E-state index in [0.29, 0.717) is 40.5 Å². The van der Waals surface area contributed by atoms with E-state index in [1.807, 2.05) is 67.6 Å². The molecule has 1 amide bonds. The van der Waals surface area contributed by atoms with Crippen LogP contribution in [0, 0.1) is 6.92 Å². The highest BCUT2D eigenvalue weighted by Gasteiger charge is 2.15. The van der Waals surface area contributed by atoms with Crippen molar-refractivity contribution in [3.63, 3.8) is 0 Å². The number of rotatable bonds is 9. The average molecular weight is 490 g/mol. The molecule has 0 saturated carbocycles. The number of nitrogens with one attached hydrogen (secondary N) is 1. The molecule has 4 aromatic rings. The molecule has 0 aliphatic rings. The molecule has 0 fully saturated rings. The fourth-order valence-corrected chi connectivity index (χ4v) is 4.54. The Morgan fingerprint density at radius 3 is 2.49 bits per heavy atom. The van der Waals surface area contributed by atoms with Crippen molar-refractivity contribution < 1.29 is 14.3 Å². The van der Waals surface area contributed by atoms with Gasteiger partial charge in [0.05, 0.1) is 36.6 Å². The van der Waals surface area contributed by atoms with Gasteiger partial charge in [-0.2, -0.15) is 0 Å². The van der Waals surface area contributed by atoms with Crippen LogP contribution in [0.25, 0.3) is 16.6 Å². The SMILES string of the molecule is COc1ccc(CCNC(=O)CSc2nc3ccccc3c(=O)n2-c2ccc(C)cc2)cc1OC. The summed E-state index contributed by atoms with van der Waals surface area (Å²) in [4.78, 5) is 30.6. The maximum absolute atomic E-state index is 13.3. The molecule has 1 aromatic heterocycles. The number of methoxy groups -OCH3 is 2. The van der Waals surface area contributed by atoms with Gasteiger partial charge in [0.15, 0.2) is 16.7 Å². The van der Waals surface area contributed by atoms with Crippen LogP contribution < -0.4 is 20.3 Å². The first kappa shape index (κ1) is 24.3. The number of carbonyl (C=O) groups excluding carboxylic acids is 1. The zero-order chi connectivity index (χ0) is 24.8. The molecule has 180 valence electrons. The molecule has 0 radical (unpaired) electrons. The minimum atomic E-state index is -0.157. The van der Waals surface area contributed by atoms with Crippen LogP contribution in [0.1, 0.15) is 11.1 Å². The third-order valence-electron chi connectivity index (χ3n) is 5.55. The number of fused-ring (bicyclic) bond motifs is 1. The first-order valence-corrected chi connectivity index (χ1v) is 12.2. The lowest BCUT2D eigenvalue weighted by Gasteiger charge is -2.13. The van der Waals surface area contributed by atoms with E-state index in [4.69, 9.17) is 14.5 Å². The van der Waals surface area contributed by atoms with Crippen molar-refractivity contribution in [2.75, 3.05) is 26.5 Å². The number of nitrogens with zero attached hydrogens (tertiary/aromatic N) is 2. The van der Waals surface area contributed by atoms with Crippen LogP contribution in [-0.4, -0.2) is 42.0 Å². The van der Waals surface area contributed by atoms with Crippen LogP contribution in [0.5, 0.6) is 11.5 Å². The van der Waals surface area contributed by atoms with Crippen LogP contribution in [-0.2, 0) is 11.2 Å². The van der Waals surface area contributed by atoms with Crippen LogP contribution in [0.15, 0.2) is 76.7 Å². The predicted molar refractivity (Wildman–Crippen MR) is 139 cm³/mol. The molecular weight excluding hydrogens is 462 g/mol. The van der Waals surface area contributed by atoms with Crippen molar-refractivity contribution in [1.29, 1.82) is 0 Å². The molecule has 35 heavy (non-hydrogen) atoms. The normalized spacial score (nSPS) is 10.8. The van der Waals surface area contributed by atoms with E-state index in [1.54, 1.807) is 24.9 Å². The largest absolute Gasteiger partial charge is 0.493 e. The van der Waals surface area contributed by atoms with Crippen molar-refractivity contribution in [3.05, 3.63) is 88.2 Å². The van der Waals surface area contributed by atoms with Crippen molar-refractivity contribution in [2.24, 2.45) is 0 Å². The predicted octanol–water partition coefficient (Wildman–Crippen LogP) is 4.16. The van der Waals surface area contributed by atoms with Gasteiger partial charge < -0.3 is 14.8 Å². The highest BCUT2D eigenvalue weighted by Crippen LogP contribution is 2.27. The molecule has 0 spiro atoms. The van der Waals surface area contributed by atoms with E-state index >= 15 is 0 Å². The van der Waals surface area contributed by atoms with Gasteiger partial charge in [-0.15, -0.1) is 0 Å². The Balaban J connectivity index is 1.46. The minimum absolute atomic E-state index is 0.131. The Labute approximate surface area is 208 Å². The Kier molecular flexibility index (Phi) is 7.72. The van der Waals surface area contributed by atoms with Gasteiger partial charge in [0.25, 0.3) is 5.56 Å². The summed E-state index contributed by atoms with van der Waals surface area (Å²) in [5.41, 5.74) is 3.29. The van der Waals surface area contributed by atoms with Crippen molar-refractivity contribution in [1.82, 2.24) is 14.9 Å². The van der Waals surface area contributed by atoms with E-state index in [1.165, 1.54) is 11.8 Å². The Bertz CT molecular complexity index is 1400. The zero-order valence-corrected chi connectivity index (χ0v) is 20.7. The molecule has 0 aliphatic heterocycles. The van der Waals surface area contributed by atoms with Crippen LogP contribution in [0.4, 0.5) is 0 Å². The molecule has 1 heterocycles. The van der Waals surface area contributed by atoms with E-state index in [9.17, 15) is 9.59 Å². The summed E-state index contributed by atoms with van der Waals surface area (Å²) in [6.45, 7) is 2.47. The van der Waals surface area contributed by atoms with E-state index in [2.05, 4.69) is 5.32 Å². The molecule has 7 nitrogen and oxygen atoms in total. The van der Waals surface area contributed by atoms with E-state index < -0.39 is 0 Å². The molecule has 3 aromatic carbocycles. The van der Waals surface area contributed by atoms with Crippen LogP contribution in [0.3, 0.4) is 0 Å². The maximum atomic E-state index is 13.3. The smallest absolute Gasteiger partial charge is 0.266 e. The Morgan fingerprint density at radius 1 is 1.00 bits per heavy atom. The van der Waals surface area contributed by atoms with E-state index in [-0.39, 0.29) is 17.2 Å². The van der Waals surface area contributed by atoms with Gasteiger partial charge in [-0.1, -0.05) is 47.7 Å². The lowest BCUT2D eigenvalue weighted by molar-refractivity contribution is -0.118. The fraction of sp³-hybridized carbons (Fsp3) is 0.222. The average Bonchev–Trinajstić information content (AvgIpc) is 2.88. The standard InChI is InChI=1S/C27H27N3O4S/c1-18-8-11-20(12-9-18)30-26(32)21-6-4-5-7-22(21)29-27(30)35-17-25(31)28-15-14-19-10-13-23(33-2)24(16-19)34-3/h4-13,16H,14-15,17H2,1-3H3,(H,28,31). The van der Waals surface area contributed by atoms with Crippen molar-refractivity contribution in [3.8, 4) is 17.2 Å². The molecule has 0 aliphatic carbocycles. The van der Waals surface area contributed by atoms with Gasteiger partial charge in [-0.05, 0) is 55.3 Å². The lowest BCUT2D eigenvalue weighted by Crippen LogP contribution is -2.28. The summed E-state index contributed by atoms with van der Waals surface area (Å²) in [5.74, 6) is 1.33. The summed E-state index contributed by atoms with van der Waals surface area (Å²) >= 11 is 1.24. The number of amides is 1. The van der Waals surface area contributed by atoms with Gasteiger partial charge in [-0.25, -0.2) is 4.98 Å². The number of benzene rings is 3. The van der Waals surface area contributed by atoms with Crippen LogP contribution in [0.2, 0.25) is 0 Å². The molecule has 0 atom stereocenters. The zero-order valence-electron chi connectivity index (χ0n) is 19.9.